The topological polar surface area (TPSA) is 9.23 Å². The maximum atomic E-state index is 5.54. The Labute approximate surface area is 72.0 Å². The lowest BCUT2D eigenvalue weighted by Gasteiger charge is -2.24. The number of rotatable bonds is 2. The van der Waals surface area contributed by atoms with E-state index in [1.807, 2.05) is 22.8 Å². The molecule has 0 aromatic rings. The Bertz CT molecular complexity index is 99.7. The second-order valence-corrected chi connectivity index (χ2v) is 8.66. The molecule has 1 saturated heterocycles. The monoisotopic (exact) mass is 196 g/mol. The summed E-state index contributed by atoms with van der Waals surface area (Å²) in [5.41, 5.74) is 0. The predicted octanol–water partition coefficient (Wildman–Crippen LogP) is 3.51. The third kappa shape index (κ3) is 3.00. The van der Waals surface area contributed by atoms with E-state index in [-0.39, 0.29) is 6.55 Å². The van der Waals surface area contributed by atoms with Gasteiger partial charge in [-0.3, -0.25) is 0 Å². The van der Waals surface area contributed by atoms with Crippen molar-refractivity contribution in [1.29, 1.82) is 0 Å². The van der Waals surface area contributed by atoms with Crippen molar-refractivity contribution in [1.82, 2.24) is 0 Å². The molecule has 4 heteroatoms. The molecule has 2 atom stereocenters. The molecule has 0 spiro atoms. The molecule has 1 nitrogen and oxygen atoms in total. The molecule has 0 radical (unpaired) electrons. The largest absolute Gasteiger partial charge is 0.339 e. The molecule has 60 valence electrons. The molecule has 0 unspecified atom stereocenters. The molecule has 0 bridgehead atoms. The van der Waals surface area contributed by atoms with Crippen LogP contribution >= 0.6 is 29.3 Å². The van der Waals surface area contributed by atoms with Crippen LogP contribution in [0.2, 0.25) is 0 Å². The van der Waals surface area contributed by atoms with Crippen molar-refractivity contribution in [3.63, 3.8) is 0 Å². The second kappa shape index (κ2) is 4.87. The van der Waals surface area contributed by atoms with Gasteiger partial charge in [-0.05, 0) is 13.3 Å². The van der Waals surface area contributed by atoms with Crippen LogP contribution < -0.4 is 0 Å². The average molecular weight is 196 g/mol. The van der Waals surface area contributed by atoms with Crippen LogP contribution in [0, 0.1) is 0 Å². The molecule has 1 rings (SSSR count). The van der Waals surface area contributed by atoms with Crippen molar-refractivity contribution < 1.29 is 4.52 Å². The van der Waals surface area contributed by atoms with E-state index in [1.54, 1.807) is 0 Å². The third-order valence-corrected chi connectivity index (χ3v) is 8.22. The van der Waals surface area contributed by atoms with E-state index >= 15 is 0 Å². The Morgan fingerprint density at radius 2 is 2.50 bits per heavy atom. The van der Waals surface area contributed by atoms with Crippen LogP contribution in [-0.2, 0) is 4.52 Å². The summed E-state index contributed by atoms with van der Waals surface area (Å²) >= 11 is 4.01. The molecule has 0 aromatic carbocycles. The molecule has 0 saturated carbocycles. The van der Waals surface area contributed by atoms with E-state index in [4.69, 9.17) is 4.52 Å². The number of hydrogen-bond acceptors (Lipinski definition) is 3. The zero-order chi connectivity index (χ0) is 7.40. The minimum Gasteiger partial charge on any atom is -0.339 e. The summed E-state index contributed by atoms with van der Waals surface area (Å²) in [5.74, 6) is 1.29. The van der Waals surface area contributed by atoms with Crippen LogP contribution in [0.3, 0.4) is 0 Å². The van der Waals surface area contributed by atoms with Crippen molar-refractivity contribution in [2.24, 2.45) is 0 Å². The first-order chi connectivity index (χ1) is 4.83. The predicted molar refractivity (Wildman–Crippen MR) is 52.7 cm³/mol. The Kier molecular flexibility index (Phi) is 4.47. The van der Waals surface area contributed by atoms with Crippen molar-refractivity contribution in [2.75, 3.05) is 12.4 Å². The van der Waals surface area contributed by atoms with Crippen LogP contribution in [0.1, 0.15) is 20.3 Å². The lowest BCUT2D eigenvalue weighted by molar-refractivity contribution is 0.394. The van der Waals surface area contributed by atoms with Gasteiger partial charge in [-0.1, -0.05) is 29.7 Å². The van der Waals surface area contributed by atoms with E-state index in [2.05, 4.69) is 13.8 Å². The normalized spacial score (nSPS) is 34.2. The Morgan fingerprint density at radius 3 is 3.10 bits per heavy atom. The molecule has 0 aromatic heterocycles. The highest BCUT2D eigenvalue weighted by Gasteiger charge is 2.20. The van der Waals surface area contributed by atoms with Gasteiger partial charge in [-0.15, -0.1) is 0 Å². The summed E-state index contributed by atoms with van der Waals surface area (Å²) in [6.07, 6.45) is 1.35. The molecule has 1 fully saturated rings. The summed E-state index contributed by atoms with van der Waals surface area (Å²) in [4.78, 5) is 0. The molecule has 0 N–H and O–H groups in total. The van der Waals surface area contributed by atoms with Gasteiger partial charge in [0.2, 0.25) is 0 Å². The first kappa shape index (κ1) is 9.18. The quantitative estimate of drug-likeness (QED) is 0.625. The van der Waals surface area contributed by atoms with Gasteiger partial charge in [-0.2, -0.15) is 0 Å². The molecule has 1 heterocycles. The van der Waals surface area contributed by atoms with E-state index in [0.717, 1.165) is 11.9 Å². The third-order valence-electron chi connectivity index (χ3n) is 1.22. The summed E-state index contributed by atoms with van der Waals surface area (Å²) in [7, 11) is 0. The maximum Gasteiger partial charge on any atom is 0.152 e. The summed E-state index contributed by atoms with van der Waals surface area (Å²) in [6, 6.07) is 0. The molecule has 1 aliphatic rings. The lowest BCUT2D eigenvalue weighted by Crippen LogP contribution is -2.01. The van der Waals surface area contributed by atoms with E-state index in [9.17, 15) is 0 Å². The molecule has 10 heavy (non-hydrogen) atoms. The fraction of sp³-hybridized carbons (Fsp3) is 1.00. The Balaban J connectivity index is 2.18. The minimum absolute atomic E-state index is 0.178. The highest BCUT2D eigenvalue weighted by molar-refractivity contribution is 8.87. The maximum absolute atomic E-state index is 5.54. The Morgan fingerprint density at radius 1 is 1.70 bits per heavy atom. The van der Waals surface area contributed by atoms with Gasteiger partial charge < -0.3 is 4.52 Å². The lowest BCUT2D eigenvalue weighted by atomic mass is 10.4. The van der Waals surface area contributed by atoms with Crippen molar-refractivity contribution >= 4 is 29.3 Å². The number of hydrogen-bond donors (Lipinski definition) is 0. The summed E-state index contributed by atoms with van der Waals surface area (Å²) < 4.78 is 5.54. The molecular formula is C6H13OPS2. The summed E-state index contributed by atoms with van der Waals surface area (Å²) in [6.45, 7) is 5.06. The minimum atomic E-state index is -0.178. The van der Waals surface area contributed by atoms with Gasteiger partial charge in [0, 0.05) is 11.0 Å². The van der Waals surface area contributed by atoms with Gasteiger partial charge in [0.05, 0.1) is 6.61 Å². The fourth-order valence-electron chi connectivity index (χ4n) is 0.696. The van der Waals surface area contributed by atoms with Crippen molar-refractivity contribution in [3.05, 3.63) is 0 Å². The van der Waals surface area contributed by atoms with Crippen LogP contribution in [0.15, 0.2) is 0 Å². The van der Waals surface area contributed by atoms with E-state index in [0.29, 0.717) is 0 Å². The van der Waals surface area contributed by atoms with Gasteiger partial charge in [0.15, 0.2) is 6.55 Å². The molecular weight excluding hydrogens is 183 g/mol. The standard InChI is InChI=1S/C6H13OPS2/c1-3-7-8-9-5-4-6(2)10-8/h6H,3-5H2,1-2H3/t6-,8-/m1/s1. The smallest absolute Gasteiger partial charge is 0.152 e. The van der Waals surface area contributed by atoms with Crippen LogP contribution in [0.4, 0.5) is 0 Å². The fourth-order valence-corrected chi connectivity index (χ4v) is 8.10. The van der Waals surface area contributed by atoms with Crippen LogP contribution in [0.25, 0.3) is 0 Å². The van der Waals surface area contributed by atoms with Crippen LogP contribution in [0.5, 0.6) is 0 Å². The average Bonchev–Trinajstić information content (AvgIpc) is 1.88. The van der Waals surface area contributed by atoms with Gasteiger partial charge >= 0.3 is 0 Å². The molecule has 1 aliphatic heterocycles. The second-order valence-electron chi connectivity index (χ2n) is 2.18. The highest BCUT2D eigenvalue weighted by atomic mass is 33.1. The molecule has 0 aliphatic carbocycles. The Hall–Kier alpha value is 1.09. The molecule has 0 amide bonds. The first-order valence-corrected chi connectivity index (χ1v) is 7.89. The van der Waals surface area contributed by atoms with Gasteiger partial charge in [0.1, 0.15) is 0 Å². The van der Waals surface area contributed by atoms with E-state index in [1.165, 1.54) is 12.2 Å². The first-order valence-electron chi connectivity index (χ1n) is 3.55. The van der Waals surface area contributed by atoms with E-state index < -0.39 is 0 Å². The van der Waals surface area contributed by atoms with Gasteiger partial charge in [0.25, 0.3) is 0 Å². The highest BCUT2D eigenvalue weighted by Crippen LogP contribution is 2.66. The van der Waals surface area contributed by atoms with Crippen LogP contribution in [-0.4, -0.2) is 17.6 Å². The zero-order valence-corrected chi connectivity index (χ0v) is 8.90. The van der Waals surface area contributed by atoms with Crippen molar-refractivity contribution in [2.45, 2.75) is 25.5 Å². The van der Waals surface area contributed by atoms with Crippen molar-refractivity contribution in [3.8, 4) is 0 Å². The van der Waals surface area contributed by atoms with Gasteiger partial charge in [-0.25, -0.2) is 0 Å². The summed E-state index contributed by atoms with van der Waals surface area (Å²) in [5, 5.41) is 0.818. The zero-order valence-electron chi connectivity index (χ0n) is 6.37. The SMILES string of the molecule is CCO[P@]1SCC[C@@H](C)S1.